The number of aromatic nitrogens is 1. The fourth-order valence-corrected chi connectivity index (χ4v) is 2.75. The molecule has 3 rings (SSSR count). The van der Waals surface area contributed by atoms with Crippen molar-refractivity contribution in [1.82, 2.24) is 0 Å². The van der Waals surface area contributed by atoms with Crippen molar-refractivity contribution in [2.45, 2.75) is 13.5 Å². The number of methoxy groups -OCH3 is 1. The predicted octanol–water partition coefficient (Wildman–Crippen LogP) is 2.99. The van der Waals surface area contributed by atoms with Crippen molar-refractivity contribution in [3.8, 4) is 5.75 Å². The summed E-state index contributed by atoms with van der Waals surface area (Å²) in [7, 11) is 1.36. The molecule has 2 aromatic carbocycles. The molecule has 7 heteroatoms. The maximum atomic E-state index is 12.4. The number of pyridine rings is 1. The number of nitro benzene ring substituents is 1. The van der Waals surface area contributed by atoms with E-state index >= 15 is 0 Å². The van der Waals surface area contributed by atoms with Crippen LogP contribution in [0.3, 0.4) is 0 Å². The zero-order valence-electron chi connectivity index (χ0n) is 14.4. The van der Waals surface area contributed by atoms with Crippen LogP contribution in [0.15, 0.2) is 54.9 Å². The van der Waals surface area contributed by atoms with E-state index in [1.54, 1.807) is 11.5 Å². The average Bonchev–Trinajstić information content (AvgIpc) is 2.62. The summed E-state index contributed by atoms with van der Waals surface area (Å²) in [6, 6.07) is 12.7. The monoisotopic (exact) mass is 352 g/mol. The molecular formula is C19H18N3O4+. The van der Waals surface area contributed by atoms with Gasteiger partial charge in [-0.1, -0.05) is 18.2 Å². The molecule has 3 aromatic rings. The number of amides is 1. The second kappa shape index (κ2) is 7.18. The fourth-order valence-electron chi connectivity index (χ4n) is 2.75. The molecule has 1 N–H and O–H groups in total. The minimum Gasteiger partial charge on any atom is -0.490 e. The Morgan fingerprint density at radius 2 is 1.96 bits per heavy atom. The number of hydrogen-bond acceptors (Lipinski definition) is 4. The molecule has 0 aliphatic rings. The molecule has 0 aliphatic heterocycles. The van der Waals surface area contributed by atoms with Gasteiger partial charge in [0.25, 0.3) is 5.91 Å². The minimum atomic E-state index is -0.512. The molecule has 0 saturated carbocycles. The smallest absolute Gasteiger partial charge is 0.311 e. The first kappa shape index (κ1) is 17.3. The van der Waals surface area contributed by atoms with Crippen LogP contribution < -0.4 is 14.6 Å². The number of ether oxygens (including phenoxy) is 1. The lowest BCUT2D eigenvalue weighted by Crippen LogP contribution is -2.39. The molecule has 1 heterocycles. The number of fused-ring (bicyclic) bond motifs is 1. The molecule has 0 spiro atoms. The number of rotatable bonds is 5. The quantitative estimate of drug-likeness (QED) is 0.434. The van der Waals surface area contributed by atoms with Crippen LogP contribution in [-0.2, 0) is 11.3 Å². The number of anilines is 1. The summed E-state index contributed by atoms with van der Waals surface area (Å²) in [6.45, 7) is 1.83. The second-order valence-corrected chi connectivity index (χ2v) is 5.89. The van der Waals surface area contributed by atoms with Crippen LogP contribution in [0.25, 0.3) is 10.8 Å². The Morgan fingerprint density at radius 1 is 1.23 bits per heavy atom. The van der Waals surface area contributed by atoms with Gasteiger partial charge in [-0.3, -0.25) is 14.9 Å². The number of hydrogen-bond donors (Lipinski definition) is 1. The Kier molecular flexibility index (Phi) is 4.79. The number of carbonyl (C=O) groups excluding carboxylic acids is 1. The number of nitrogens with zero attached hydrogens (tertiary/aromatic N) is 2. The topological polar surface area (TPSA) is 85.3 Å². The molecule has 7 nitrogen and oxygen atoms in total. The molecule has 0 saturated heterocycles. The number of nitrogens with one attached hydrogen (secondary N) is 1. The molecule has 0 aliphatic carbocycles. The Bertz CT molecular complexity index is 1000. The molecular weight excluding hydrogens is 334 g/mol. The normalized spacial score (nSPS) is 10.5. The van der Waals surface area contributed by atoms with E-state index in [0.29, 0.717) is 11.3 Å². The highest BCUT2D eigenvalue weighted by atomic mass is 16.6. The third-order valence-corrected chi connectivity index (χ3v) is 4.07. The van der Waals surface area contributed by atoms with Gasteiger partial charge >= 0.3 is 5.69 Å². The van der Waals surface area contributed by atoms with Crippen LogP contribution in [0.2, 0.25) is 0 Å². The summed E-state index contributed by atoms with van der Waals surface area (Å²) in [6.07, 6.45) is 3.74. The standard InChI is InChI=1S/C19H17N3O4/c1-13-9-17(22(24)25)18(26-2)10-16(13)20-19(23)12-21-8-7-14-5-3-4-6-15(14)11-21/h3-11H,12H2,1-2H3/p+1. The van der Waals surface area contributed by atoms with Crippen molar-refractivity contribution in [3.63, 3.8) is 0 Å². The summed E-state index contributed by atoms with van der Waals surface area (Å²) in [4.78, 5) is 22.9. The highest BCUT2D eigenvalue weighted by molar-refractivity contribution is 5.91. The van der Waals surface area contributed by atoms with Gasteiger partial charge in [-0.2, -0.15) is 4.57 Å². The first-order valence-corrected chi connectivity index (χ1v) is 7.98. The van der Waals surface area contributed by atoms with Crippen LogP contribution in [0.1, 0.15) is 5.56 Å². The molecule has 1 aromatic heterocycles. The maximum Gasteiger partial charge on any atom is 0.311 e. The van der Waals surface area contributed by atoms with E-state index in [9.17, 15) is 14.9 Å². The van der Waals surface area contributed by atoms with Crippen molar-refractivity contribution in [2.75, 3.05) is 12.4 Å². The predicted molar refractivity (Wildman–Crippen MR) is 97.2 cm³/mol. The SMILES string of the molecule is COc1cc(NC(=O)C[n+]2ccc3ccccc3c2)c(C)cc1[N+](=O)[O-]. The van der Waals surface area contributed by atoms with Gasteiger partial charge in [0, 0.05) is 29.3 Å². The van der Waals surface area contributed by atoms with Crippen LogP contribution in [0, 0.1) is 17.0 Å². The maximum absolute atomic E-state index is 12.4. The van der Waals surface area contributed by atoms with E-state index in [1.807, 2.05) is 42.7 Å². The third kappa shape index (κ3) is 3.61. The van der Waals surface area contributed by atoms with E-state index < -0.39 is 4.92 Å². The highest BCUT2D eigenvalue weighted by Gasteiger charge is 2.19. The third-order valence-electron chi connectivity index (χ3n) is 4.07. The van der Waals surface area contributed by atoms with Gasteiger partial charge < -0.3 is 10.1 Å². The van der Waals surface area contributed by atoms with Crippen molar-refractivity contribution in [3.05, 3.63) is 70.5 Å². The summed E-state index contributed by atoms with van der Waals surface area (Å²) >= 11 is 0. The van der Waals surface area contributed by atoms with E-state index in [0.717, 1.165) is 10.8 Å². The van der Waals surface area contributed by atoms with Crippen LogP contribution >= 0.6 is 0 Å². The van der Waals surface area contributed by atoms with Gasteiger partial charge in [-0.25, -0.2) is 0 Å². The molecule has 0 radical (unpaired) electrons. The summed E-state index contributed by atoms with van der Waals surface area (Å²) in [5.41, 5.74) is 0.945. The van der Waals surface area contributed by atoms with Crippen molar-refractivity contribution < 1.29 is 19.0 Å². The molecule has 26 heavy (non-hydrogen) atoms. The lowest BCUT2D eigenvalue weighted by atomic mass is 10.1. The molecule has 0 fully saturated rings. The van der Waals surface area contributed by atoms with Crippen LogP contribution in [0.4, 0.5) is 11.4 Å². The number of nitro groups is 1. The van der Waals surface area contributed by atoms with Crippen LogP contribution in [0.5, 0.6) is 5.75 Å². The van der Waals surface area contributed by atoms with E-state index in [2.05, 4.69) is 5.32 Å². The highest BCUT2D eigenvalue weighted by Crippen LogP contribution is 2.32. The molecule has 0 unspecified atom stereocenters. The van der Waals surface area contributed by atoms with Crippen LogP contribution in [-0.4, -0.2) is 17.9 Å². The van der Waals surface area contributed by atoms with E-state index in [4.69, 9.17) is 4.74 Å². The number of aryl methyl sites for hydroxylation is 1. The molecule has 1 amide bonds. The Balaban J connectivity index is 1.79. The van der Waals surface area contributed by atoms with Crippen molar-refractivity contribution >= 4 is 28.1 Å². The summed E-state index contributed by atoms with van der Waals surface area (Å²) in [5.74, 6) is -0.126. The van der Waals surface area contributed by atoms with Crippen molar-refractivity contribution in [1.29, 1.82) is 0 Å². The first-order valence-electron chi connectivity index (χ1n) is 7.98. The van der Waals surface area contributed by atoms with Crippen molar-refractivity contribution in [2.24, 2.45) is 0 Å². The lowest BCUT2D eigenvalue weighted by molar-refractivity contribution is -0.682. The zero-order valence-corrected chi connectivity index (χ0v) is 14.4. The fraction of sp³-hybridized carbons (Fsp3) is 0.158. The Morgan fingerprint density at radius 3 is 2.65 bits per heavy atom. The lowest BCUT2D eigenvalue weighted by Gasteiger charge is -2.10. The van der Waals surface area contributed by atoms with Gasteiger partial charge in [0.15, 0.2) is 18.1 Å². The van der Waals surface area contributed by atoms with E-state index in [1.165, 1.54) is 19.2 Å². The second-order valence-electron chi connectivity index (χ2n) is 5.89. The van der Waals surface area contributed by atoms with Gasteiger partial charge in [-0.05, 0) is 23.9 Å². The van der Waals surface area contributed by atoms with Gasteiger partial charge in [0.05, 0.1) is 12.0 Å². The zero-order chi connectivity index (χ0) is 18.7. The van der Waals surface area contributed by atoms with Gasteiger partial charge in [-0.15, -0.1) is 0 Å². The molecule has 132 valence electrons. The molecule has 0 atom stereocenters. The van der Waals surface area contributed by atoms with Gasteiger partial charge in [0.2, 0.25) is 6.54 Å². The summed E-state index contributed by atoms with van der Waals surface area (Å²) in [5, 5.41) is 16.0. The number of benzene rings is 2. The summed E-state index contributed by atoms with van der Waals surface area (Å²) < 4.78 is 6.84. The minimum absolute atomic E-state index is 0.106. The Hall–Kier alpha value is -3.48. The first-order chi connectivity index (χ1) is 12.5. The molecule has 0 bridgehead atoms. The largest absolute Gasteiger partial charge is 0.490 e. The Labute approximate surface area is 150 Å². The van der Waals surface area contributed by atoms with Gasteiger partial charge in [0.1, 0.15) is 0 Å². The average molecular weight is 352 g/mol. The number of carbonyl (C=O) groups is 1. The van der Waals surface area contributed by atoms with E-state index in [-0.39, 0.29) is 23.9 Å².